The van der Waals surface area contributed by atoms with Gasteiger partial charge in [-0.25, -0.2) is 4.98 Å². The van der Waals surface area contributed by atoms with Crippen LogP contribution in [0.5, 0.6) is 5.75 Å². The van der Waals surface area contributed by atoms with Gasteiger partial charge in [-0.15, -0.1) is 0 Å². The maximum absolute atomic E-state index is 13.8. The number of hydrogen-bond donors (Lipinski definition) is 2. The van der Waals surface area contributed by atoms with E-state index in [1.54, 1.807) is 0 Å². The first-order valence-electron chi connectivity index (χ1n) is 12.0. The molecule has 1 aliphatic rings. The van der Waals surface area contributed by atoms with Crippen LogP contribution in [0.4, 0.5) is 11.6 Å². The number of aryl methyl sites for hydroxylation is 2. The van der Waals surface area contributed by atoms with Crippen molar-refractivity contribution in [1.29, 1.82) is 0 Å². The van der Waals surface area contributed by atoms with Crippen molar-refractivity contribution in [3.8, 4) is 5.75 Å². The van der Waals surface area contributed by atoms with E-state index in [0.717, 1.165) is 57.2 Å². The normalized spacial score (nSPS) is 15.0. The number of aromatic nitrogens is 2. The second-order valence-corrected chi connectivity index (χ2v) is 9.05. The Kier molecular flexibility index (Phi) is 6.03. The van der Waals surface area contributed by atoms with Gasteiger partial charge in [0.25, 0.3) is 5.91 Å². The fourth-order valence-electron chi connectivity index (χ4n) is 4.71. The molecule has 0 bridgehead atoms. The minimum atomic E-state index is -0.366. The fraction of sp³-hybridized carbons (Fsp3) is 0.241. The summed E-state index contributed by atoms with van der Waals surface area (Å²) in [5, 5.41) is 6.53. The molecule has 0 aliphatic carbocycles. The van der Waals surface area contributed by atoms with Gasteiger partial charge in [0, 0.05) is 11.4 Å². The first kappa shape index (κ1) is 22.7. The molecular weight excluding hydrogens is 436 g/mol. The number of imidazole rings is 1. The number of carbonyl (C=O) groups excluding carboxylic acids is 1. The van der Waals surface area contributed by atoms with Gasteiger partial charge in [-0.05, 0) is 68.7 Å². The molecule has 6 heteroatoms. The van der Waals surface area contributed by atoms with Crippen molar-refractivity contribution in [2.45, 2.75) is 40.2 Å². The van der Waals surface area contributed by atoms with Crippen LogP contribution in [0.25, 0.3) is 11.0 Å². The van der Waals surface area contributed by atoms with Crippen molar-refractivity contribution in [2.75, 3.05) is 17.2 Å². The molecule has 1 aliphatic heterocycles. The number of nitrogens with zero attached hydrogens (tertiary/aromatic N) is 2. The molecule has 4 aromatic rings. The highest BCUT2D eigenvalue weighted by atomic mass is 16.5. The molecule has 35 heavy (non-hydrogen) atoms. The van der Waals surface area contributed by atoms with E-state index < -0.39 is 0 Å². The molecule has 0 saturated heterocycles. The van der Waals surface area contributed by atoms with Crippen molar-refractivity contribution in [2.24, 2.45) is 0 Å². The van der Waals surface area contributed by atoms with Crippen molar-refractivity contribution in [3.63, 3.8) is 0 Å². The smallest absolute Gasteiger partial charge is 0.255 e. The first-order valence-corrected chi connectivity index (χ1v) is 12.0. The van der Waals surface area contributed by atoms with Crippen LogP contribution in [0.2, 0.25) is 0 Å². The number of nitrogens with one attached hydrogen (secondary N) is 2. The maximum Gasteiger partial charge on any atom is 0.255 e. The molecule has 178 valence electrons. The fourth-order valence-corrected chi connectivity index (χ4v) is 4.71. The zero-order valence-corrected chi connectivity index (χ0v) is 20.6. The van der Waals surface area contributed by atoms with Crippen LogP contribution < -0.4 is 15.4 Å². The highest BCUT2D eigenvalue weighted by Gasteiger charge is 2.34. The summed E-state index contributed by atoms with van der Waals surface area (Å²) in [6.07, 6.45) is 0.927. The monoisotopic (exact) mass is 466 g/mol. The van der Waals surface area contributed by atoms with Gasteiger partial charge < -0.3 is 15.4 Å². The summed E-state index contributed by atoms with van der Waals surface area (Å²) in [4.78, 5) is 18.7. The molecule has 0 fully saturated rings. The third-order valence-corrected chi connectivity index (χ3v) is 6.35. The molecular formula is C29H30N4O2. The summed E-state index contributed by atoms with van der Waals surface area (Å²) in [6.45, 7) is 8.72. The SMILES string of the molecule is CCCOc1cccc([C@@H]2C(C(=O)Nc3ccc(C)cc3C)=C(C)Nc3nc4ccccc4n32)c1. The number of fused-ring (bicyclic) bond motifs is 3. The highest BCUT2D eigenvalue weighted by Crippen LogP contribution is 2.40. The van der Waals surface area contributed by atoms with E-state index in [1.165, 1.54) is 0 Å². The lowest BCUT2D eigenvalue weighted by molar-refractivity contribution is -0.113. The predicted octanol–water partition coefficient (Wildman–Crippen LogP) is 6.37. The van der Waals surface area contributed by atoms with Crippen molar-refractivity contribution >= 4 is 28.6 Å². The number of anilines is 2. The number of para-hydroxylation sites is 2. The van der Waals surface area contributed by atoms with Gasteiger partial charge in [-0.3, -0.25) is 9.36 Å². The predicted molar refractivity (Wildman–Crippen MR) is 141 cm³/mol. The van der Waals surface area contributed by atoms with E-state index in [2.05, 4.69) is 28.2 Å². The number of hydrogen-bond acceptors (Lipinski definition) is 4. The lowest BCUT2D eigenvalue weighted by atomic mass is 9.94. The molecule has 0 radical (unpaired) electrons. The Morgan fingerprint density at radius 1 is 1.06 bits per heavy atom. The number of allylic oxidation sites excluding steroid dienone is 1. The van der Waals surface area contributed by atoms with Gasteiger partial charge in [0.05, 0.1) is 29.3 Å². The topological polar surface area (TPSA) is 68.2 Å². The van der Waals surface area contributed by atoms with Crippen molar-refractivity contribution in [1.82, 2.24) is 9.55 Å². The van der Waals surface area contributed by atoms with Crippen LogP contribution in [-0.4, -0.2) is 22.1 Å². The van der Waals surface area contributed by atoms with E-state index in [9.17, 15) is 4.79 Å². The van der Waals surface area contributed by atoms with Crippen LogP contribution in [0, 0.1) is 13.8 Å². The summed E-state index contributed by atoms with van der Waals surface area (Å²) < 4.78 is 8.04. The molecule has 6 nitrogen and oxygen atoms in total. The molecule has 0 spiro atoms. The van der Waals surface area contributed by atoms with Gasteiger partial charge in [0.1, 0.15) is 5.75 Å². The van der Waals surface area contributed by atoms with E-state index in [-0.39, 0.29) is 11.9 Å². The second-order valence-electron chi connectivity index (χ2n) is 9.05. The Bertz CT molecular complexity index is 1450. The minimum absolute atomic E-state index is 0.143. The first-order chi connectivity index (χ1) is 17.0. The number of ether oxygens (including phenoxy) is 1. The molecule has 5 rings (SSSR count). The number of carbonyl (C=O) groups is 1. The summed E-state index contributed by atoms with van der Waals surface area (Å²) in [7, 11) is 0. The largest absolute Gasteiger partial charge is 0.494 e. The van der Waals surface area contributed by atoms with Crippen LogP contribution in [0.3, 0.4) is 0 Å². The lowest BCUT2D eigenvalue weighted by Gasteiger charge is -2.31. The molecule has 0 unspecified atom stereocenters. The Morgan fingerprint density at radius 3 is 2.69 bits per heavy atom. The molecule has 0 saturated carbocycles. The van der Waals surface area contributed by atoms with Gasteiger partial charge in [0.2, 0.25) is 5.95 Å². The molecule has 2 heterocycles. The Morgan fingerprint density at radius 2 is 1.89 bits per heavy atom. The maximum atomic E-state index is 13.8. The molecule has 1 aromatic heterocycles. The van der Waals surface area contributed by atoms with Crippen LogP contribution in [0.1, 0.15) is 43.0 Å². The van der Waals surface area contributed by atoms with Crippen LogP contribution in [-0.2, 0) is 4.79 Å². The lowest BCUT2D eigenvalue weighted by Crippen LogP contribution is -2.31. The summed E-state index contributed by atoms with van der Waals surface area (Å²) in [5.41, 5.74) is 7.22. The average Bonchev–Trinajstić information content (AvgIpc) is 3.21. The molecule has 1 atom stereocenters. The Labute approximate surface area is 205 Å². The summed E-state index contributed by atoms with van der Waals surface area (Å²) in [6, 6.07) is 21.7. The van der Waals surface area contributed by atoms with E-state index in [1.807, 2.05) is 81.4 Å². The van der Waals surface area contributed by atoms with Gasteiger partial charge in [-0.2, -0.15) is 0 Å². The van der Waals surface area contributed by atoms with Crippen LogP contribution >= 0.6 is 0 Å². The van der Waals surface area contributed by atoms with Crippen molar-refractivity contribution in [3.05, 3.63) is 94.7 Å². The number of rotatable bonds is 6. The third kappa shape index (κ3) is 4.28. The Hall–Kier alpha value is -4.06. The summed E-state index contributed by atoms with van der Waals surface area (Å²) in [5.74, 6) is 1.37. The zero-order chi connectivity index (χ0) is 24.5. The summed E-state index contributed by atoms with van der Waals surface area (Å²) >= 11 is 0. The van der Waals surface area contributed by atoms with Crippen LogP contribution in [0.15, 0.2) is 78.0 Å². The van der Waals surface area contributed by atoms with Gasteiger partial charge >= 0.3 is 0 Å². The standard InChI is InChI=1S/C29H30N4O2/c1-5-15-35-22-10-8-9-21(17-22)27-26(28(34)31-23-14-13-18(2)16-19(23)3)20(4)30-29-32-24-11-6-7-12-25(24)33(27)29/h6-14,16-17,27H,5,15H2,1-4H3,(H,30,32)(H,31,34)/t27-/m1/s1. The highest BCUT2D eigenvalue weighted by molar-refractivity contribution is 6.06. The van der Waals surface area contributed by atoms with Crippen molar-refractivity contribution < 1.29 is 9.53 Å². The number of benzene rings is 3. The van der Waals surface area contributed by atoms with Gasteiger partial charge in [-0.1, -0.05) is 48.9 Å². The molecule has 1 amide bonds. The van der Waals surface area contributed by atoms with E-state index in [0.29, 0.717) is 12.2 Å². The zero-order valence-electron chi connectivity index (χ0n) is 20.6. The minimum Gasteiger partial charge on any atom is -0.494 e. The number of amides is 1. The second kappa shape index (κ2) is 9.29. The van der Waals surface area contributed by atoms with E-state index in [4.69, 9.17) is 9.72 Å². The molecule has 3 aromatic carbocycles. The quantitative estimate of drug-likeness (QED) is 0.346. The van der Waals surface area contributed by atoms with E-state index >= 15 is 0 Å². The Balaban J connectivity index is 1.64. The average molecular weight is 467 g/mol. The third-order valence-electron chi connectivity index (χ3n) is 6.35. The van der Waals surface area contributed by atoms with Gasteiger partial charge in [0.15, 0.2) is 0 Å². The molecule has 2 N–H and O–H groups in total.